The molecule has 2 aromatic carbocycles. The fourth-order valence-electron chi connectivity index (χ4n) is 3.26. The highest BCUT2D eigenvalue weighted by Gasteiger charge is 2.25. The van der Waals surface area contributed by atoms with E-state index < -0.39 is 0 Å². The molecule has 0 fully saturated rings. The third-order valence-corrected chi connectivity index (χ3v) is 4.63. The van der Waals surface area contributed by atoms with Crippen LogP contribution in [0.25, 0.3) is 5.70 Å². The van der Waals surface area contributed by atoms with Crippen molar-refractivity contribution in [3.63, 3.8) is 0 Å². The van der Waals surface area contributed by atoms with Crippen LogP contribution in [-0.2, 0) is 0 Å². The second kappa shape index (κ2) is 7.22. The van der Waals surface area contributed by atoms with Gasteiger partial charge in [0.15, 0.2) is 11.5 Å². The number of fused-ring (bicyclic) bond motifs is 1. The summed E-state index contributed by atoms with van der Waals surface area (Å²) in [6, 6.07) is 9.83. The van der Waals surface area contributed by atoms with Crippen LogP contribution in [-0.4, -0.2) is 36.1 Å². The van der Waals surface area contributed by atoms with Crippen LogP contribution in [0.4, 0.5) is 10.3 Å². The number of allylic oxidation sites excluding steroid dienone is 1. The molecule has 0 saturated heterocycles. The van der Waals surface area contributed by atoms with Crippen molar-refractivity contribution in [1.82, 2.24) is 14.8 Å². The third kappa shape index (κ3) is 3.02. The van der Waals surface area contributed by atoms with Crippen LogP contribution in [0.1, 0.15) is 17.2 Å². The van der Waals surface area contributed by atoms with Crippen molar-refractivity contribution in [3.05, 3.63) is 65.7 Å². The minimum atomic E-state index is -0.287. The largest absolute Gasteiger partial charge is 0.493 e. The predicted octanol–water partition coefficient (Wildman–Crippen LogP) is 3.50. The number of nitrogens with one attached hydrogen (secondary N) is 1. The SMILES string of the molecule is COc1cc(C2C=C(c3ccc(F)cc3)Nc3nncn32)cc(OC)c1OC. The molecule has 1 N–H and O–H groups in total. The number of nitrogens with zero attached hydrogens (tertiary/aromatic N) is 3. The van der Waals surface area contributed by atoms with Crippen molar-refractivity contribution in [2.45, 2.75) is 6.04 Å². The average Bonchev–Trinajstić information content (AvgIpc) is 3.21. The Morgan fingerprint density at radius 3 is 2.29 bits per heavy atom. The van der Waals surface area contributed by atoms with Gasteiger partial charge in [-0.15, -0.1) is 10.2 Å². The summed E-state index contributed by atoms with van der Waals surface area (Å²) in [6.45, 7) is 0. The van der Waals surface area contributed by atoms with Gasteiger partial charge in [-0.25, -0.2) is 4.39 Å². The first-order chi connectivity index (χ1) is 13.6. The standard InChI is InChI=1S/C20H19FN4O3/c1-26-17-8-13(9-18(27-2)19(17)28-3)16-10-15(12-4-6-14(21)7-5-12)23-20-24-22-11-25(16)20/h4-11,16H,1-3H3,(H,23,24). The number of methoxy groups -OCH3 is 3. The van der Waals surface area contributed by atoms with E-state index in [1.807, 2.05) is 22.8 Å². The Balaban J connectivity index is 1.84. The second-order valence-corrected chi connectivity index (χ2v) is 6.18. The fourth-order valence-corrected chi connectivity index (χ4v) is 3.26. The molecule has 7 nitrogen and oxygen atoms in total. The van der Waals surface area contributed by atoms with Crippen molar-refractivity contribution < 1.29 is 18.6 Å². The minimum Gasteiger partial charge on any atom is -0.493 e. The maximum Gasteiger partial charge on any atom is 0.229 e. The number of ether oxygens (including phenoxy) is 3. The molecule has 0 spiro atoms. The van der Waals surface area contributed by atoms with Crippen LogP contribution in [0.15, 0.2) is 48.8 Å². The molecule has 1 unspecified atom stereocenters. The summed E-state index contributed by atoms with van der Waals surface area (Å²) in [5.41, 5.74) is 2.55. The van der Waals surface area contributed by atoms with Crippen LogP contribution in [0.2, 0.25) is 0 Å². The number of hydrogen-bond acceptors (Lipinski definition) is 6. The van der Waals surface area contributed by atoms with Gasteiger partial charge in [-0.1, -0.05) is 0 Å². The van der Waals surface area contributed by atoms with E-state index in [1.54, 1.807) is 39.8 Å². The van der Waals surface area contributed by atoms with Gasteiger partial charge < -0.3 is 19.5 Å². The number of anilines is 1. The van der Waals surface area contributed by atoms with Crippen LogP contribution >= 0.6 is 0 Å². The number of hydrogen-bond donors (Lipinski definition) is 1. The van der Waals surface area contributed by atoms with Crippen molar-refractivity contribution >= 4 is 11.6 Å². The average molecular weight is 382 g/mol. The molecular formula is C20H19FN4O3. The molecule has 1 aromatic heterocycles. The van der Waals surface area contributed by atoms with Gasteiger partial charge in [-0.3, -0.25) is 4.57 Å². The first-order valence-electron chi connectivity index (χ1n) is 8.58. The van der Waals surface area contributed by atoms with Gasteiger partial charge in [0.1, 0.15) is 12.1 Å². The third-order valence-electron chi connectivity index (χ3n) is 4.63. The topological polar surface area (TPSA) is 70.4 Å². The van der Waals surface area contributed by atoms with Crippen molar-refractivity contribution in [1.29, 1.82) is 0 Å². The highest BCUT2D eigenvalue weighted by atomic mass is 19.1. The Labute approximate surface area is 161 Å². The maximum absolute atomic E-state index is 13.3. The highest BCUT2D eigenvalue weighted by molar-refractivity contribution is 5.77. The lowest BCUT2D eigenvalue weighted by Crippen LogP contribution is -2.19. The summed E-state index contributed by atoms with van der Waals surface area (Å²) >= 11 is 0. The lowest BCUT2D eigenvalue weighted by Gasteiger charge is -2.26. The van der Waals surface area contributed by atoms with Crippen molar-refractivity contribution in [2.75, 3.05) is 26.6 Å². The molecule has 0 radical (unpaired) electrons. The van der Waals surface area contributed by atoms with Gasteiger partial charge in [0.2, 0.25) is 11.7 Å². The highest BCUT2D eigenvalue weighted by Crippen LogP contribution is 2.42. The molecule has 3 aromatic rings. The minimum absolute atomic E-state index is 0.222. The van der Waals surface area contributed by atoms with Crippen LogP contribution in [0, 0.1) is 5.82 Å². The second-order valence-electron chi connectivity index (χ2n) is 6.18. The number of halogens is 1. The molecule has 1 atom stereocenters. The quantitative estimate of drug-likeness (QED) is 0.728. The Kier molecular flexibility index (Phi) is 4.60. The summed E-state index contributed by atoms with van der Waals surface area (Å²) in [6.07, 6.45) is 3.67. The Hall–Kier alpha value is -3.55. The van der Waals surface area contributed by atoms with Gasteiger partial charge in [-0.05, 0) is 53.6 Å². The van der Waals surface area contributed by atoms with Crippen molar-refractivity contribution in [2.24, 2.45) is 0 Å². The molecule has 4 rings (SSSR count). The molecule has 2 heterocycles. The van der Waals surface area contributed by atoms with E-state index in [2.05, 4.69) is 15.5 Å². The molecule has 8 heteroatoms. The Bertz CT molecular complexity index is 1010. The monoisotopic (exact) mass is 382 g/mol. The van der Waals surface area contributed by atoms with E-state index in [4.69, 9.17) is 14.2 Å². The maximum atomic E-state index is 13.3. The van der Waals surface area contributed by atoms with Gasteiger partial charge in [0.05, 0.1) is 27.4 Å². The van der Waals surface area contributed by atoms with Gasteiger partial charge in [0.25, 0.3) is 0 Å². The van der Waals surface area contributed by atoms with Crippen LogP contribution in [0.5, 0.6) is 17.2 Å². The molecule has 0 aliphatic carbocycles. The summed E-state index contributed by atoms with van der Waals surface area (Å²) < 4.78 is 31.6. The first kappa shape index (κ1) is 17.8. The molecule has 1 aliphatic heterocycles. The van der Waals surface area contributed by atoms with E-state index in [0.717, 1.165) is 16.8 Å². The van der Waals surface area contributed by atoms with Crippen molar-refractivity contribution in [3.8, 4) is 17.2 Å². The molecule has 1 aliphatic rings. The summed E-state index contributed by atoms with van der Waals surface area (Å²) in [5, 5.41) is 11.4. The predicted molar refractivity (Wildman–Crippen MR) is 102 cm³/mol. The smallest absolute Gasteiger partial charge is 0.229 e. The Morgan fingerprint density at radius 1 is 1.00 bits per heavy atom. The zero-order valence-corrected chi connectivity index (χ0v) is 15.6. The number of aromatic nitrogens is 3. The molecule has 0 amide bonds. The Morgan fingerprint density at radius 2 is 1.68 bits per heavy atom. The summed E-state index contributed by atoms with van der Waals surface area (Å²) in [7, 11) is 4.72. The van der Waals surface area contributed by atoms with E-state index in [1.165, 1.54) is 12.1 Å². The number of rotatable bonds is 5. The van der Waals surface area contributed by atoms with Crippen LogP contribution < -0.4 is 19.5 Å². The first-order valence-corrected chi connectivity index (χ1v) is 8.58. The molecular weight excluding hydrogens is 363 g/mol. The van der Waals surface area contributed by atoms with E-state index in [9.17, 15) is 4.39 Å². The molecule has 28 heavy (non-hydrogen) atoms. The van der Waals surface area contributed by atoms with Gasteiger partial charge in [0, 0.05) is 5.70 Å². The fraction of sp³-hybridized carbons (Fsp3) is 0.200. The van der Waals surface area contributed by atoms with Crippen LogP contribution in [0.3, 0.4) is 0 Å². The summed E-state index contributed by atoms with van der Waals surface area (Å²) in [5.74, 6) is 1.93. The summed E-state index contributed by atoms with van der Waals surface area (Å²) in [4.78, 5) is 0. The molecule has 144 valence electrons. The molecule has 0 bridgehead atoms. The lowest BCUT2D eigenvalue weighted by atomic mass is 10.0. The van der Waals surface area contributed by atoms with Gasteiger partial charge >= 0.3 is 0 Å². The zero-order chi connectivity index (χ0) is 19.7. The van der Waals surface area contributed by atoms with E-state index >= 15 is 0 Å². The van der Waals surface area contributed by atoms with E-state index in [-0.39, 0.29) is 11.9 Å². The normalized spacial score (nSPS) is 15.3. The van der Waals surface area contributed by atoms with E-state index in [0.29, 0.717) is 23.2 Å². The zero-order valence-electron chi connectivity index (χ0n) is 15.6. The number of benzene rings is 2. The van der Waals surface area contributed by atoms with Gasteiger partial charge in [-0.2, -0.15) is 0 Å². The molecule has 0 saturated carbocycles. The lowest BCUT2D eigenvalue weighted by molar-refractivity contribution is 0.323.